The Kier molecular flexibility index (Phi) is 2.87. The molecule has 0 aliphatic carbocycles. The fourth-order valence-electron chi connectivity index (χ4n) is 1.94. The third-order valence-corrected chi connectivity index (χ3v) is 2.91. The zero-order valence-electron chi connectivity index (χ0n) is 10.7. The molecule has 0 bridgehead atoms. The van der Waals surface area contributed by atoms with Crippen LogP contribution in [0.2, 0.25) is 0 Å². The van der Waals surface area contributed by atoms with Gasteiger partial charge in [-0.05, 0) is 25.1 Å². The van der Waals surface area contributed by atoms with Crippen LogP contribution in [0.4, 0.5) is 0 Å². The molecule has 0 aliphatic rings. The lowest BCUT2D eigenvalue weighted by molar-refractivity contribution is 0.423. The summed E-state index contributed by atoms with van der Waals surface area (Å²) in [4.78, 5) is 4.26. The SMILES string of the molecule is Cc1cccc(-c2noc(-c3ccc(O)cc3O)n2)c1. The molecule has 0 atom stereocenters. The summed E-state index contributed by atoms with van der Waals surface area (Å²) in [6.07, 6.45) is 0. The standard InChI is InChI=1S/C15H12N2O3/c1-9-3-2-4-10(7-9)14-16-15(20-17-14)12-6-5-11(18)8-13(12)19/h2-8,18-19H,1H3. The van der Waals surface area contributed by atoms with Crippen molar-refractivity contribution in [2.75, 3.05) is 0 Å². The molecule has 0 amide bonds. The zero-order valence-corrected chi connectivity index (χ0v) is 10.7. The summed E-state index contributed by atoms with van der Waals surface area (Å²) in [5.74, 6) is 0.532. The quantitative estimate of drug-likeness (QED) is 0.746. The van der Waals surface area contributed by atoms with Crippen LogP contribution in [0, 0.1) is 6.92 Å². The van der Waals surface area contributed by atoms with Gasteiger partial charge in [0.1, 0.15) is 11.5 Å². The third-order valence-electron chi connectivity index (χ3n) is 2.91. The van der Waals surface area contributed by atoms with Crippen molar-refractivity contribution >= 4 is 0 Å². The van der Waals surface area contributed by atoms with Crippen LogP contribution in [0.1, 0.15) is 5.56 Å². The maximum atomic E-state index is 9.78. The van der Waals surface area contributed by atoms with E-state index in [4.69, 9.17) is 4.52 Å². The van der Waals surface area contributed by atoms with Crippen LogP contribution in [-0.4, -0.2) is 20.4 Å². The summed E-state index contributed by atoms with van der Waals surface area (Å²) in [7, 11) is 0. The van der Waals surface area contributed by atoms with Crippen molar-refractivity contribution in [2.45, 2.75) is 6.92 Å². The van der Waals surface area contributed by atoms with Gasteiger partial charge in [-0.2, -0.15) is 4.98 Å². The first-order valence-electron chi connectivity index (χ1n) is 6.06. The summed E-state index contributed by atoms with van der Waals surface area (Å²) < 4.78 is 5.16. The Morgan fingerprint density at radius 3 is 2.65 bits per heavy atom. The molecule has 0 aliphatic heterocycles. The fraction of sp³-hybridized carbons (Fsp3) is 0.0667. The highest BCUT2D eigenvalue weighted by Gasteiger charge is 2.14. The Balaban J connectivity index is 2.02. The Morgan fingerprint density at radius 2 is 1.90 bits per heavy atom. The maximum absolute atomic E-state index is 9.78. The van der Waals surface area contributed by atoms with Gasteiger partial charge in [-0.1, -0.05) is 28.9 Å². The fourth-order valence-corrected chi connectivity index (χ4v) is 1.94. The molecule has 20 heavy (non-hydrogen) atoms. The lowest BCUT2D eigenvalue weighted by Gasteiger charge is -1.99. The van der Waals surface area contributed by atoms with Crippen molar-refractivity contribution in [1.82, 2.24) is 10.1 Å². The highest BCUT2D eigenvalue weighted by molar-refractivity contribution is 5.66. The number of aromatic nitrogens is 2. The van der Waals surface area contributed by atoms with E-state index in [1.807, 2.05) is 31.2 Å². The molecule has 0 radical (unpaired) electrons. The smallest absolute Gasteiger partial charge is 0.262 e. The number of aromatic hydroxyl groups is 2. The Morgan fingerprint density at radius 1 is 1.05 bits per heavy atom. The number of rotatable bonds is 2. The molecule has 0 saturated heterocycles. The first-order chi connectivity index (χ1) is 9.63. The van der Waals surface area contributed by atoms with E-state index >= 15 is 0 Å². The molecule has 0 spiro atoms. The van der Waals surface area contributed by atoms with Crippen molar-refractivity contribution in [3.05, 3.63) is 48.0 Å². The van der Waals surface area contributed by atoms with Crippen molar-refractivity contribution in [1.29, 1.82) is 0 Å². The van der Waals surface area contributed by atoms with Gasteiger partial charge in [-0.15, -0.1) is 0 Å². The number of phenolic OH excluding ortho intramolecular Hbond substituents is 2. The van der Waals surface area contributed by atoms with Gasteiger partial charge < -0.3 is 14.7 Å². The van der Waals surface area contributed by atoms with E-state index in [9.17, 15) is 10.2 Å². The van der Waals surface area contributed by atoms with Gasteiger partial charge in [0, 0.05) is 11.6 Å². The van der Waals surface area contributed by atoms with Crippen LogP contribution in [0.25, 0.3) is 22.8 Å². The molecule has 2 N–H and O–H groups in total. The average molecular weight is 268 g/mol. The monoisotopic (exact) mass is 268 g/mol. The van der Waals surface area contributed by atoms with Gasteiger partial charge >= 0.3 is 0 Å². The highest BCUT2D eigenvalue weighted by atomic mass is 16.5. The van der Waals surface area contributed by atoms with E-state index in [0.717, 1.165) is 11.1 Å². The topological polar surface area (TPSA) is 79.4 Å². The minimum absolute atomic E-state index is 0.0235. The van der Waals surface area contributed by atoms with Gasteiger partial charge in [0.25, 0.3) is 5.89 Å². The van der Waals surface area contributed by atoms with Crippen LogP contribution in [-0.2, 0) is 0 Å². The second-order valence-corrected chi connectivity index (χ2v) is 4.49. The maximum Gasteiger partial charge on any atom is 0.262 e. The van der Waals surface area contributed by atoms with Crippen molar-refractivity contribution in [2.24, 2.45) is 0 Å². The Bertz CT molecular complexity index is 765. The predicted octanol–water partition coefficient (Wildman–Crippen LogP) is 3.12. The van der Waals surface area contributed by atoms with Gasteiger partial charge in [0.15, 0.2) is 0 Å². The number of hydrogen-bond donors (Lipinski definition) is 2. The van der Waals surface area contributed by atoms with E-state index in [-0.39, 0.29) is 17.4 Å². The molecular weight excluding hydrogens is 256 g/mol. The number of phenols is 2. The van der Waals surface area contributed by atoms with Crippen LogP contribution in [0.5, 0.6) is 11.5 Å². The van der Waals surface area contributed by atoms with Crippen molar-refractivity contribution in [3.63, 3.8) is 0 Å². The van der Waals surface area contributed by atoms with Crippen LogP contribution in [0.15, 0.2) is 47.0 Å². The lowest BCUT2D eigenvalue weighted by atomic mass is 10.1. The molecular formula is C15H12N2O3. The molecule has 100 valence electrons. The molecule has 5 heteroatoms. The van der Waals surface area contributed by atoms with E-state index in [2.05, 4.69) is 10.1 Å². The molecule has 3 aromatic rings. The van der Waals surface area contributed by atoms with Gasteiger partial charge in [0.2, 0.25) is 5.82 Å². The zero-order chi connectivity index (χ0) is 14.1. The molecule has 1 aromatic heterocycles. The predicted molar refractivity (Wildman–Crippen MR) is 73.2 cm³/mol. The number of nitrogens with zero attached hydrogens (tertiary/aromatic N) is 2. The molecule has 0 unspecified atom stereocenters. The average Bonchev–Trinajstić information content (AvgIpc) is 2.88. The summed E-state index contributed by atoms with van der Waals surface area (Å²) >= 11 is 0. The first-order valence-corrected chi connectivity index (χ1v) is 6.06. The van der Waals surface area contributed by atoms with E-state index in [1.165, 1.54) is 18.2 Å². The molecule has 5 nitrogen and oxygen atoms in total. The van der Waals surface area contributed by atoms with E-state index < -0.39 is 0 Å². The number of benzene rings is 2. The molecule has 2 aromatic carbocycles. The van der Waals surface area contributed by atoms with Gasteiger partial charge in [-0.25, -0.2) is 0 Å². The van der Waals surface area contributed by atoms with Crippen molar-refractivity contribution < 1.29 is 14.7 Å². The molecule has 0 saturated carbocycles. The summed E-state index contributed by atoms with van der Waals surface area (Å²) in [5, 5.41) is 23.0. The lowest BCUT2D eigenvalue weighted by Crippen LogP contribution is -1.83. The number of hydrogen-bond acceptors (Lipinski definition) is 5. The Labute approximate surface area is 115 Å². The first kappa shape index (κ1) is 12.2. The summed E-state index contributed by atoms with van der Waals surface area (Å²) in [5.41, 5.74) is 2.33. The molecule has 1 heterocycles. The van der Waals surface area contributed by atoms with Crippen LogP contribution < -0.4 is 0 Å². The summed E-state index contributed by atoms with van der Waals surface area (Å²) in [6.45, 7) is 1.98. The largest absolute Gasteiger partial charge is 0.508 e. The van der Waals surface area contributed by atoms with Gasteiger partial charge in [-0.3, -0.25) is 0 Å². The number of aryl methyl sites for hydroxylation is 1. The van der Waals surface area contributed by atoms with Crippen LogP contribution >= 0.6 is 0 Å². The van der Waals surface area contributed by atoms with E-state index in [1.54, 1.807) is 0 Å². The normalized spacial score (nSPS) is 10.7. The Hall–Kier alpha value is -2.82. The minimum atomic E-state index is -0.107. The summed E-state index contributed by atoms with van der Waals surface area (Å²) in [6, 6.07) is 11.9. The van der Waals surface area contributed by atoms with Crippen molar-refractivity contribution in [3.8, 4) is 34.3 Å². The van der Waals surface area contributed by atoms with E-state index in [0.29, 0.717) is 11.4 Å². The molecule has 0 fully saturated rings. The second kappa shape index (κ2) is 4.70. The minimum Gasteiger partial charge on any atom is -0.508 e. The molecule has 3 rings (SSSR count). The van der Waals surface area contributed by atoms with Gasteiger partial charge in [0.05, 0.1) is 5.56 Å². The highest BCUT2D eigenvalue weighted by Crippen LogP contribution is 2.32. The second-order valence-electron chi connectivity index (χ2n) is 4.49. The van der Waals surface area contributed by atoms with Crippen LogP contribution in [0.3, 0.4) is 0 Å². The third kappa shape index (κ3) is 2.21.